The molecule has 0 bridgehead atoms. The first kappa shape index (κ1) is 22.9. The number of aryl methyl sites for hydroxylation is 2. The quantitative estimate of drug-likeness (QED) is 0.405. The van der Waals surface area contributed by atoms with Gasteiger partial charge in [-0.1, -0.05) is 6.07 Å². The predicted molar refractivity (Wildman–Crippen MR) is 122 cm³/mol. The van der Waals surface area contributed by atoms with Gasteiger partial charge < -0.3 is 9.29 Å². The van der Waals surface area contributed by atoms with E-state index < -0.39 is 21.2 Å². The van der Waals surface area contributed by atoms with Crippen molar-refractivity contribution in [3.63, 3.8) is 0 Å². The van der Waals surface area contributed by atoms with E-state index in [1.54, 1.807) is 31.3 Å². The van der Waals surface area contributed by atoms with Gasteiger partial charge in [0.2, 0.25) is 10.0 Å². The fraction of sp³-hybridized carbons (Fsp3) is 0.381. The number of pyridine rings is 1. The molecule has 170 valence electrons. The third kappa shape index (κ3) is 4.06. The van der Waals surface area contributed by atoms with Crippen LogP contribution in [0.25, 0.3) is 22.2 Å². The summed E-state index contributed by atoms with van der Waals surface area (Å²) in [6.07, 6.45) is 3.04. The lowest BCUT2D eigenvalue weighted by Crippen LogP contribution is -2.40. The second kappa shape index (κ2) is 8.91. The monoisotopic (exact) mass is 476 g/mol. The molecule has 0 radical (unpaired) electrons. The Labute approximate surface area is 189 Å². The lowest BCUT2D eigenvalue weighted by Gasteiger charge is -2.26. The largest absolute Gasteiger partial charge is 0.609 e. The number of rotatable bonds is 5. The van der Waals surface area contributed by atoms with Gasteiger partial charge in [0.1, 0.15) is 6.26 Å². The molecule has 0 saturated carbocycles. The SMILES string of the molecule is CCn1c(=O)c(-c2ccc(S(=O)(=O)N3CCOCC3)cc2C)cc2cnc([S+](C)[O-])nc21. The molecule has 0 N–H and O–H groups in total. The molecule has 1 saturated heterocycles. The zero-order valence-corrected chi connectivity index (χ0v) is 19.7. The Balaban J connectivity index is 1.81. The number of aromatic nitrogens is 3. The van der Waals surface area contributed by atoms with Crippen LogP contribution in [0.15, 0.2) is 45.3 Å². The van der Waals surface area contributed by atoms with E-state index in [0.29, 0.717) is 60.6 Å². The summed E-state index contributed by atoms with van der Waals surface area (Å²) in [5.41, 5.74) is 1.92. The molecule has 1 unspecified atom stereocenters. The van der Waals surface area contributed by atoms with Gasteiger partial charge in [-0.25, -0.2) is 8.42 Å². The number of nitrogens with zero attached hydrogens (tertiary/aromatic N) is 4. The molecule has 11 heteroatoms. The highest BCUT2D eigenvalue weighted by atomic mass is 32.2. The molecule has 0 spiro atoms. The van der Waals surface area contributed by atoms with Crippen LogP contribution in [0.5, 0.6) is 0 Å². The standard InChI is InChI=1S/C21H24N4O5S2/c1-4-25-19-15(13-22-21(23-19)31(3)27)12-18(20(25)26)17-6-5-16(11-14(17)2)32(28,29)24-7-9-30-10-8-24/h5-6,11-13H,4,7-10H2,1-3H3. The van der Waals surface area contributed by atoms with Crippen LogP contribution in [-0.2, 0) is 32.5 Å². The number of benzene rings is 1. The van der Waals surface area contributed by atoms with Crippen molar-refractivity contribution in [2.75, 3.05) is 32.6 Å². The van der Waals surface area contributed by atoms with Gasteiger partial charge in [0, 0.05) is 48.0 Å². The van der Waals surface area contributed by atoms with Crippen molar-refractivity contribution >= 4 is 32.2 Å². The Morgan fingerprint density at radius 2 is 1.91 bits per heavy atom. The fourth-order valence-corrected chi connectivity index (χ4v) is 5.71. The lowest BCUT2D eigenvalue weighted by atomic mass is 10.0. The molecule has 1 atom stereocenters. The van der Waals surface area contributed by atoms with Gasteiger partial charge in [-0.3, -0.25) is 9.36 Å². The highest BCUT2D eigenvalue weighted by molar-refractivity contribution is 7.90. The second-order valence-electron chi connectivity index (χ2n) is 7.49. The number of ether oxygens (including phenoxy) is 1. The minimum Gasteiger partial charge on any atom is -0.609 e. The van der Waals surface area contributed by atoms with E-state index in [4.69, 9.17) is 4.74 Å². The molecule has 9 nitrogen and oxygen atoms in total. The third-order valence-electron chi connectivity index (χ3n) is 5.47. The van der Waals surface area contributed by atoms with Crippen molar-refractivity contribution in [3.05, 3.63) is 46.4 Å². The molecule has 3 aromatic rings. The Morgan fingerprint density at radius 3 is 2.53 bits per heavy atom. The topological polar surface area (TPSA) is 117 Å². The summed E-state index contributed by atoms with van der Waals surface area (Å²) >= 11 is -1.37. The van der Waals surface area contributed by atoms with Crippen molar-refractivity contribution in [1.82, 2.24) is 18.8 Å². The van der Waals surface area contributed by atoms with Gasteiger partial charge in [-0.15, -0.1) is 0 Å². The average molecular weight is 477 g/mol. The first-order valence-corrected chi connectivity index (χ1v) is 13.2. The molecule has 3 heterocycles. The molecular formula is C21H24N4O5S2. The van der Waals surface area contributed by atoms with Crippen molar-refractivity contribution in [1.29, 1.82) is 0 Å². The van der Waals surface area contributed by atoms with Crippen molar-refractivity contribution in [3.8, 4) is 11.1 Å². The molecule has 1 aliphatic rings. The lowest BCUT2D eigenvalue weighted by molar-refractivity contribution is 0.0730. The van der Waals surface area contributed by atoms with Crippen molar-refractivity contribution in [2.45, 2.75) is 30.4 Å². The summed E-state index contributed by atoms with van der Waals surface area (Å²) in [5, 5.41) is 0.806. The summed E-state index contributed by atoms with van der Waals surface area (Å²) in [7, 11) is -3.63. The minimum absolute atomic E-state index is 0.167. The Morgan fingerprint density at radius 1 is 1.19 bits per heavy atom. The van der Waals surface area contributed by atoms with E-state index in [2.05, 4.69) is 9.97 Å². The van der Waals surface area contributed by atoms with E-state index in [1.807, 2.05) is 6.92 Å². The zero-order chi connectivity index (χ0) is 23.0. The molecule has 2 aromatic heterocycles. The number of hydrogen-bond donors (Lipinski definition) is 0. The summed E-state index contributed by atoms with van der Waals surface area (Å²) < 4.78 is 45.9. The van der Waals surface area contributed by atoms with Gasteiger partial charge in [-0.2, -0.15) is 14.3 Å². The van der Waals surface area contributed by atoms with Crippen molar-refractivity contribution < 1.29 is 17.7 Å². The molecule has 4 rings (SSSR count). The number of sulfonamides is 1. The molecule has 0 aliphatic carbocycles. The zero-order valence-electron chi connectivity index (χ0n) is 18.1. The molecule has 0 amide bonds. The maximum absolute atomic E-state index is 13.3. The molecule has 1 aliphatic heterocycles. The van der Waals surface area contributed by atoms with Gasteiger partial charge >= 0.3 is 5.16 Å². The van der Waals surface area contributed by atoms with E-state index in [1.165, 1.54) is 21.2 Å². The van der Waals surface area contributed by atoms with Crippen LogP contribution in [0, 0.1) is 6.92 Å². The molecule has 1 aromatic carbocycles. The van der Waals surface area contributed by atoms with Crippen LogP contribution in [0.4, 0.5) is 0 Å². The van der Waals surface area contributed by atoms with Gasteiger partial charge in [0.05, 0.1) is 18.1 Å². The third-order valence-corrected chi connectivity index (χ3v) is 8.08. The highest BCUT2D eigenvalue weighted by Gasteiger charge is 2.27. The van der Waals surface area contributed by atoms with Crippen LogP contribution in [0.1, 0.15) is 12.5 Å². The summed E-state index contributed by atoms with van der Waals surface area (Å²) in [5.74, 6) is 0. The number of fused-ring (bicyclic) bond motifs is 1. The van der Waals surface area contributed by atoms with Crippen LogP contribution in [-0.4, -0.2) is 64.4 Å². The van der Waals surface area contributed by atoms with E-state index in [-0.39, 0.29) is 15.6 Å². The first-order chi connectivity index (χ1) is 15.2. The molecular weight excluding hydrogens is 452 g/mol. The average Bonchev–Trinajstić information content (AvgIpc) is 2.79. The van der Waals surface area contributed by atoms with E-state index in [9.17, 15) is 17.8 Å². The Bertz CT molecular complexity index is 1330. The van der Waals surface area contributed by atoms with Crippen LogP contribution >= 0.6 is 0 Å². The van der Waals surface area contributed by atoms with E-state index in [0.717, 1.165) is 0 Å². The molecule has 1 fully saturated rings. The Hall–Kier alpha value is -2.31. The maximum Gasteiger partial charge on any atom is 0.344 e. The smallest absolute Gasteiger partial charge is 0.344 e. The van der Waals surface area contributed by atoms with Crippen molar-refractivity contribution in [2.24, 2.45) is 0 Å². The Kier molecular flexibility index (Phi) is 6.37. The summed E-state index contributed by atoms with van der Waals surface area (Å²) in [6, 6.07) is 6.50. The highest BCUT2D eigenvalue weighted by Crippen LogP contribution is 2.27. The fourth-order valence-electron chi connectivity index (χ4n) is 3.80. The minimum atomic E-state index is -3.63. The first-order valence-electron chi connectivity index (χ1n) is 10.2. The summed E-state index contributed by atoms with van der Waals surface area (Å²) in [6.45, 7) is 5.38. The second-order valence-corrected chi connectivity index (χ2v) is 10.7. The van der Waals surface area contributed by atoms with E-state index >= 15 is 0 Å². The van der Waals surface area contributed by atoms with Gasteiger partial charge in [-0.05, 0) is 43.2 Å². The normalized spacial score (nSPS) is 16.4. The van der Waals surface area contributed by atoms with Crippen LogP contribution in [0.2, 0.25) is 0 Å². The summed E-state index contributed by atoms with van der Waals surface area (Å²) in [4.78, 5) is 21.9. The predicted octanol–water partition coefficient (Wildman–Crippen LogP) is 1.55. The van der Waals surface area contributed by atoms with Gasteiger partial charge in [0.25, 0.3) is 5.56 Å². The number of morpholine rings is 1. The van der Waals surface area contributed by atoms with Crippen LogP contribution < -0.4 is 5.56 Å². The van der Waals surface area contributed by atoms with Gasteiger partial charge in [0.15, 0.2) is 5.65 Å². The molecule has 32 heavy (non-hydrogen) atoms. The maximum atomic E-state index is 13.3. The number of hydrogen-bond acceptors (Lipinski definition) is 7. The van der Waals surface area contributed by atoms with Crippen LogP contribution in [0.3, 0.4) is 0 Å².